The van der Waals surface area contributed by atoms with Gasteiger partial charge in [0.25, 0.3) is 0 Å². The molecular weight excluding hydrogens is 141 g/mol. The smallest absolute Gasteiger partial charge is 0.400 e. The quantitative estimate of drug-likeness (QED) is 0.236. The van der Waals surface area contributed by atoms with Gasteiger partial charge in [-0.15, -0.1) is 0 Å². The molecule has 0 aliphatic rings. The highest BCUT2D eigenvalue weighted by atomic mass is 31.2. The minimum absolute atomic E-state index is 2.25. The molecule has 2 N–H and O–H groups in total. The summed E-state index contributed by atoms with van der Waals surface area (Å²) in [5.41, 5.74) is 0. The molecule has 0 aliphatic heterocycles. The molecule has 8 heavy (non-hydrogen) atoms. The summed E-state index contributed by atoms with van der Waals surface area (Å²) in [6, 6.07) is 0. The SMILES string of the molecule is O=[PH](F)OOB(O)O. The summed E-state index contributed by atoms with van der Waals surface area (Å²) < 4.78 is 23.5. The van der Waals surface area contributed by atoms with Crippen molar-refractivity contribution >= 4 is 15.7 Å². The molecule has 48 valence electrons. The largest absolute Gasteiger partial charge is 0.663 e. The highest BCUT2D eigenvalue weighted by Gasteiger charge is 2.10. The first kappa shape index (κ1) is 8.06. The van der Waals surface area contributed by atoms with E-state index in [1.165, 1.54) is 0 Å². The monoisotopic (exact) mass is 144 g/mol. The van der Waals surface area contributed by atoms with Crippen LogP contribution in [0.2, 0.25) is 0 Å². The molecule has 0 saturated heterocycles. The van der Waals surface area contributed by atoms with Gasteiger partial charge in [-0.2, -0.15) is 8.87 Å². The molecule has 0 radical (unpaired) electrons. The average molecular weight is 144 g/mol. The number of hydrogen-bond donors (Lipinski definition) is 2. The third kappa shape index (κ3) is 6.06. The first-order chi connectivity index (χ1) is 3.63. The molecule has 0 aromatic heterocycles. The maximum atomic E-state index is 11.0. The van der Waals surface area contributed by atoms with Crippen molar-refractivity contribution in [2.75, 3.05) is 0 Å². The van der Waals surface area contributed by atoms with E-state index >= 15 is 0 Å². The molecule has 0 spiro atoms. The molecule has 0 rings (SSSR count). The van der Waals surface area contributed by atoms with Crippen molar-refractivity contribution in [2.45, 2.75) is 0 Å². The second kappa shape index (κ2) is 4.00. The molecule has 0 bridgehead atoms. The molecule has 0 saturated carbocycles. The third-order valence-electron chi connectivity index (χ3n) is 0.200. The van der Waals surface area contributed by atoms with Crippen LogP contribution < -0.4 is 0 Å². The zero-order valence-corrected chi connectivity index (χ0v) is 4.57. The Labute approximate surface area is 45.1 Å². The fraction of sp³-hybridized carbons (Fsp3) is 0. The standard InChI is InChI=1S/BFH3O5P/c2-8(5)7-6-1(3)4/h3-4,8H. The van der Waals surface area contributed by atoms with E-state index in [-0.39, 0.29) is 0 Å². The van der Waals surface area contributed by atoms with Crippen molar-refractivity contribution in [1.29, 1.82) is 0 Å². The Morgan fingerprint density at radius 1 is 1.62 bits per heavy atom. The molecule has 8 heteroatoms. The Morgan fingerprint density at radius 2 is 2.12 bits per heavy atom. The maximum absolute atomic E-state index is 11.0. The summed E-state index contributed by atoms with van der Waals surface area (Å²) >= 11 is 0. The highest BCUT2D eigenvalue weighted by molar-refractivity contribution is 7.32. The second-order valence-corrected chi connectivity index (χ2v) is 1.39. The Morgan fingerprint density at radius 3 is 2.25 bits per heavy atom. The summed E-state index contributed by atoms with van der Waals surface area (Å²) in [7, 11) is -5.97. The zero-order chi connectivity index (χ0) is 6.57. The van der Waals surface area contributed by atoms with E-state index in [0.717, 1.165) is 0 Å². The molecule has 0 aromatic rings. The van der Waals surface area contributed by atoms with Crippen molar-refractivity contribution in [3.05, 3.63) is 0 Å². The Kier molecular flexibility index (Phi) is 4.03. The van der Waals surface area contributed by atoms with Gasteiger partial charge in [-0.3, -0.25) is 4.57 Å². The molecule has 1 atom stereocenters. The molecule has 0 fully saturated rings. The van der Waals surface area contributed by atoms with Gasteiger partial charge >= 0.3 is 15.7 Å². The first-order valence-corrected chi connectivity index (χ1v) is 2.71. The number of rotatable bonds is 3. The van der Waals surface area contributed by atoms with Crippen molar-refractivity contribution in [2.24, 2.45) is 0 Å². The van der Waals surface area contributed by atoms with Crippen LogP contribution in [0.5, 0.6) is 0 Å². The summed E-state index contributed by atoms with van der Waals surface area (Å²) in [6.45, 7) is 0. The van der Waals surface area contributed by atoms with Gasteiger partial charge in [0, 0.05) is 0 Å². The minimum Gasteiger partial charge on any atom is -0.400 e. The average Bonchev–Trinajstić information content (AvgIpc) is 1.61. The van der Waals surface area contributed by atoms with E-state index in [4.69, 9.17) is 10.0 Å². The predicted molar refractivity (Wildman–Crippen MR) is 22.5 cm³/mol. The zero-order valence-electron chi connectivity index (χ0n) is 3.57. The Bertz CT molecular complexity index is 82.5. The molecule has 0 aliphatic carbocycles. The molecule has 0 amide bonds. The van der Waals surface area contributed by atoms with Gasteiger partial charge in [0.05, 0.1) is 0 Å². The summed E-state index contributed by atoms with van der Waals surface area (Å²) in [6.07, 6.45) is 0. The van der Waals surface area contributed by atoms with Crippen LogP contribution in [0.1, 0.15) is 0 Å². The van der Waals surface area contributed by atoms with Crippen LogP contribution in [-0.4, -0.2) is 17.4 Å². The van der Waals surface area contributed by atoms with E-state index in [2.05, 4.69) is 9.48 Å². The summed E-state index contributed by atoms with van der Waals surface area (Å²) in [5, 5.41) is 15.4. The van der Waals surface area contributed by atoms with Crippen molar-refractivity contribution in [3.63, 3.8) is 0 Å². The van der Waals surface area contributed by atoms with Gasteiger partial charge in [-0.25, -0.2) is 4.81 Å². The van der Waals surface area contributed by atoms with Crippen molar-refractivity contribution in [3.8, 4) is 0 Å². The molecule has 5 nitrogen and oxygen atoms in total. The number of halogens is 1. The van der Waals surface area contributed by atoms with Gasteiger partial charge in [0.1, 0.15) is 0 Å². The molecular formula is H3BFO5P. The van der Waals surface area contributed by atoms with Crippen LogP contribution in [-0.2, 0) is 14.0 Å². The molecule has 0 heterocycles. The summed E-state index contributed by atoms with van der Waals surface area (Å²) in [4.78, 5) is 3.27. The second-order valence-electron chi connectivity index (χ2n) is 0.743. The molecule has 1 unspecified atom stereocenters. The van der Waals surface area contributed by atoms with Gasteiger partial charge in [-0.1, -0.05) is 0 Å². The lowest BCUT2D eigenvalue weighted by Gasteiger charge is -1.93. The van der Waals surface area contributed by atoms with E-state index < -0.39 is 15.7 Å². The van der Waals surface area contributed by atoms with Crippen LogP contribution in [0.25, 0.3) is 0 Å². The highest BCUT2D eigenvalue weighted by Crippen LogP contribution is 2.22. The third-order valence-corrected chi connectivity index (χ3v) is 0.427. The minimum atomic E-state index is -3.72. The summed E-state index contributed by atoms with van der Waals surface area (Å²) in [5.74, 6) is 0. The van der Waals surface area contributed by atoms with Crippen molar-refractivity contribution in [1.82, 2.24) is 0 Å². The normalized spacial score (nSPS) is 13.4. The topological polar surface area (TPSA) is 76.0 Å². The lowest BCUT2D eigenvalue weighted by atomic mass is 10.3. The first-order valence-electron chi connectivity index (χ1n) is 1.52. The Balaban J connectivity index is 3.05. The fourth-order valence-corrected chi connectivity index (χ4v) is 0.243. The lowest BCUT2D eigenvalue weighted by Crippen LogP contribution is -2.14. The van der Waals surface area contributed by atoms with Crippen LogP contribution in [0.4, 0.5) is 4.20 Å². The van der Waals surface area contributed by atoms with Crippen LogP contribution >= 0.6 is 8.34 Å². The van der Waals surface area contributed by atoms with Gasteiger partial charge < -0.3 is 10.0 Å². The van der Waals surface area contributed by atoms with Gasteiger partial charge in [0.2, 0.25) is 0 Å². The van der Waals surface area contributed by atoms with E-state index in [1.807, 2.05) is 0 Å². The van der Waals surface area contributed by atoms with E-state index in [0.29, 0.717) is 0 Å². The van der Waals surface area contributed by atoms with Crippen LogP contribution in [0.3, 0.4) is 0 Å². The number of hydrogen-bond acceptors (Lipinski definition) is 5. The van der Waals surface area contributed by atoms with Crippen molar-refractivity contribution < 1.29 is 28.3 Å². The van der Waals surface area contributed by atoms with E-state index in [1.54, 1.807) is 0 Å². The van der Waals surface area contributed by atoms with Crippen LogP contribution in [0, 0.1) is 0 Å². The van der Waals surface area contributed by atoms with Gasteiger partial charge in [-0.05, 0) is 0 Å². The fourth-order valence-electron chi connectivity index (χ4n) is 0.0809. The molecule has 0 aromatic carbocycles. The predicted octanol–water partition coefficient (Wildman–Crippen LogP) is -0.737. The van der Waals surface area contributed by atoms with Crippen LogP contribution in [0.15, 0.2) is 0 Å². The van der Waals surface area contributed by atoms with E-state index in [9.17, 15) is 8.76 Å². The van der Waals surface area contributed by atoms with Gasteiger partial charge in [0.15, 0.2) is 0 Å². The lowest BCUT2D eigenvalue weighted by molar-refractivity contribution is -0.135. The Hall–Kier alpha value is 0.0649. The maximum Gasteiger partial charge on any atom is 0.663 e.